The Morgan fingerprint density at radius 1 is 1.00 bits per heavy atom. The predicted octanol–water partition coefficient (Wildman–Crippen LogP) is 6.90. The lowest BCUT2D eigenvalue weighted by Crippen LogP contribution is -2.36. The maximum atomic E-state index is 13.8. The molecule has 1 amide bonds. The highest BCUT2D eigenvalue weighted by Crippen LogP contribution is 2.31. The summed E-state index contributed by atoms with van der Waals surface area (Å²) in [6, 6.07) is 21.2. The molecule has 3 aromatic carbocycles. The molecule has 1 fully saturated rings. The van der Waals surface area contributed by atoms with E-state index in [4.69, 9.17) is 4.74 Å². The fourth-order valence-electron chi connectivity index (χ4n) is 5.43. The third kappa shape index (κ3) is 7.69. The van der Waals surface area contributed by atoms with Crippen molar-refractivity contribution < 1.29 is 13.9 Å². The van der Waals surface area contributed by atoms with Crippen LogP contribution in [-0.4, -0.2) is 37.0 Å². The van der Waals surface area contributed by atoms with Crippen molar-refractivity contribution in [3.63, 3.8) is 0 Å². The monoisotopic (exact) mass is 528 g/mol. The quantitative estimate of drug-likeness (QED) is 0.378. The number of halogens is 1. The Labute approximate surface area is 232 Å². The molecular weight excluding hydrogens is 487 g/mol. The van der Waals surface area contributed by atoms with Crippen molar-refractivity contribution in [1.29, 1.82) is 0 Å². The summed E-state index contributed by atoms with van der Waals surface area (Å²) in [5, 5.41) is 3.07. The van der Waals surface area contributed by atoms with Gasteiger partial charge in [-0.05, 0) is 97.2 Å². The molecule has 5 heteroatoms. The minimum Gasteiger partial charge on any atom is -0.493 e. The third-order valence-electron chi connectivity index (χ3n) is 8.00. The lowest BCUT2D eigenvalue weighted by molar-refractivity contribution is 0.0945. The molecule has 1 aliphatic carbocycles. The van der Waals surface area contributed by atoms with Gasteiger partial charge < -0.3 is 10.1 Å². The molecule has 0 atom stereocenters. The number of carbonyl (C=O) groups is 1. The van der Waals surface area contributed by atoms with Crippen LogP contribution in [0.15, 0.2) is 66.7 Å². The Morgan fingerprint density at radius 3 is 2.64 bits per heavy atom. The zero-order valence-electron chi connectivity index (χ0n) is 23.3. The second-order valence-electron chi connectivity index (χ2n) is 12.0. The van der Waals surface area contributed by atoms with E-state index in [-0.39, 0.29) is 11.7 Å². The highest BCUT2D eigenvalue weighted by Gasteiger charge is 2.25. The summed E-state index contributed by atoms with van der Waals surface area (Å²) >= 11 is 0. The molecule has 1 heterocycles. The van der Waals surface area contributed by atoms with Crippen LogP contribution in [0.4, 0.5) is 4.39 Å². The number of fused-ring (bicyclic) bond motifs is 3. The lowest BCUT2D eigenvalue weighted by atomic mass is 9.84. The molecule has 1 aliphatic heterocycles. The maximum absolute atomic E-state index is 13.8. The summed E-state index contributed by atoms with van der Waals surface area (Å²) < 4.78 is 20.0. The van der Waals surface area contributed by atoms with Crippen molar-refractivity contribution in [2.24, 2.45) is 5.92 Å². The molecule has 206 valence electrons. The molecule has 4 nitrogen and oxygen atoms in total. The van der Waals surface area contributed by atoms with Gasteiger partial charge in [-0.15, -0.1) is 0 Å². The first kappa shape index (κ1) is 27.4. The summed E-state index contributed by atoms with van der Waals surface area (Å²) in [5.74, 6) is 1.33. The van der Waals surface area contributed by atoms with Crippen LogP contribution in [0.1, 0.15) is 78.6 Å². The third-order valence-corrected chi connectivity index (χ3v) is 8.00. The van der Waals surface area contributed by atoms with E-state index >= 15 is 0 Å². The van der Waals surface area contributed by atoms with Crippen LogP contribution >= 0.6 is 0 Å². The zero-order chi connectivity index (χ0) is 27.2. The van der Waals surface area contributed by atoms with E-state index in [1.54, 1.807) is 6.07 Å². The summed E-state index contributed by atoms with van der Waals surface area (Å²) in [4.78, 5) is 15.8. The van der Waals surface area contributed by atoms with E-state index in [9.17, 15) is 9.18 Å². The first-order valence-corrected chi connectivity index (χ1v) is 14.5. The number of nitrogens with one attached hydrogen (secondary N) is 1. The Hall–Kier alpha value is -3.18. The van der Waals surface area contributed by atoms with Gasteiger partial charge in [-0.25, -0.2) is 4.39 Å². The maximum Gasteiger partial charge on any atom is 0.251 e. The summed E-state index contributed by atoms with van der Waals surface area (Å²) in [6.45, 7) is 8.46. The normalized spacial score (nSPS) is 17.0. The average Bonchev–Trinajstić information content (AvgIpc) is 3.74. The number of ether oxygens (including phenoxy) is 1. The molecule has 1 N–H and O–H groups in total. The molecule has 39 heavy (non-hydrogen) atoms. The first-order valence-electron chi connectivity index (χ1n) is 14.5. The lowest BCUT2D eigenvalue weighted by Gasteiger charge is -2.26. The molecule has 5 rings (SSSR count). The van der Waals surface area contributed by atoms with E-state index in [0.717, 1.165) is 48.7 Å². The van der Waals surface area contributed by atoms with Crippen LogP contribution in [0.25, 0.3) is 0 Å². The molecule has 0 saturated heterocycles. The van der Waals surface area contributed by atoms with Gasteiger partial charge in [0, 0.05) is 37.0 Å². The van der Waals surface area contributed by atoms with Gasteiger partial charge in [0.1, 0.15) is 11.6 Å². The van der Waals surface area contributed by atoms with Gasteiger partial charge in [-0.2, -0.15) is 0 Å². The van der Waals surface area contributed by atoms with Gasteiger partial charge >= 0.3 is 0 Å². The van der Waals surface area contributed by atoms with E-state index in [1.807, 2.05) is 38.1 Å². The van der Waals surface area contributed by atoms with E-state index in [2.05, 4.69) is 34.5 Å². The Bertz CT molecular complexity index is 1280. The van der Waals surface area contributed by atoms with Crippen LogP contribution in [0, 0.1) is 11.7 Å². The second-order valence-corrected chi connectivity index (χ2v) is 12.0. The fraction of sp³-hybridized carbons (Fsp3) is 0.441. The van der Waals surface area contributed by atoms with Gasteiger partial charge in [0.05, 0.1) is 6.61 Å². The van der Waals surface area contributed by atoms with Gasteiger partial charge in [0.15, 0.2) is 0 Å². The SMILES string of the molecule is CC(C)(CNC(=O)c1ccc2c(c1)Cc1cccc(c1)CN(CC1CC1)CCCCCO2)c1cccc(F)c1. The minimum atomic E-state index is -0.400. The minimum absolute atomic E-state index is 0.133. The highest BCUT2D eigenvalue weighted by molar-refractivity contribution is 5.94. The summed E-state index contributed by atoms with van der Waals surface area (Å²) in [6.07, 6.45) is 6.83. The molecule has 1 saturated carbocycles. The summed E-state index contributed by atoms with van der Waals surface area (Å²) in [7, 11) is 0. The van der Waals surface area contributed by atoms with Crippen molar-refractivity contribution in [1.82, 2.24) is 10.2 Å². The molecule has 3 aromatic rings. The zero-order valence-corrected chi connectivity index (χ0v) is 23.3. The molecule has 2 bridgehead atoms. The van der Waals surface area contributed by atoms with E-state index in [1.165, 1.54) is 49.1 Å². The van der Waals surface area contributed by atoms with Gasteiger partial charge in [-0.1, -0.05) is 50.2 Å². The van der Waals surface area contributed by atoms with Gasteiger partial charge in [0.25, 0.3) is 5.91 Å². The van der Waals surface area contributed by atoms with Crippen molar-refractivity contribution in [3.05, 3.63) is 100 Å². The topological polar surface area (TPSA) is 41.6 Å². The smallest absolute Gasteiger partial charge is 0.251 e. The number of carbonyl (C=O) groups excluding carboxylic acids is 1. The van der Waals surface area contributed by atoms with Crippen molar-refractivity contribution in [2.45, 2.75) is 64.3 Å². The molecule has 0 spiro atoms. The first-order chi connectivity index (χ1) is 18.9. The molecule has 0 unspecified atom stereocenters. The standard InChI is InChI=1S/C34H41FN2O2/c1-34(2,30-10-7-11-31(35)21-30)24-36-33(38)28-14-15-32-29(20-28)19-26-8-6-9-27(18-26)23-37(22-25-12-13-25)16-4-3-5-17-39-32/h6-11,14-15,18,20-21,25H,3-5,12-13,16-17,19,22-24H2,1-2H3,(H,36,38). The molecular formula is C34H41FN2O2. The van der Waals surface area contributed by atoms with Gasteiger partial charge in [0.2, 0.25) is 0 Å². The molecule has 2 aliphatic rings. The molecule has 0 radical (unpaired) electrons. The predicted molar refractivity (Wildman–Crippen MR) is 155 cm³/mol. The highest BCUT2D eigenvalue weighted by atomic mass is 19.1. The number of amides is 1. The summed E-state index contributed by atoms with van der Waals surface area (Å²) in [5.41, 5.74) is 4.67. The van der Waals surface area contributed by atoms with Gasteiger partial charge in [-0.3, -0.25) is 9.69 Å². The largest absolute Gasteiger partial charge is 0.493 e. The molecule has 0 aromatic heterocycles. The van der Waals surface area contributed by atoms with Crippen LogP contribution in [-0.2, 0) is 18.4 Å². The second kappa shape index (κ2) is 12.3. The number of rotatable bonds is 6. The Balaban J connectivity index is 1.32. The number of hydrogen-bond acceptors (Lipinski definition) is 3. The van der Waals surface area contributed by atoms with Crippen molar-refractivity contribution >= 4 is 5.91 Å². The van der Waals surface area contributed by atoms with Crippen LogP contribution in [0.3, 0.4) is 0 Å². The Kier molecular flexibility index (Phi) is 8.66. The number of benzene rings is 3. The fourth-order valence-corrected chi connectivity index (χ4v) is 5.43. The Morgan fingerprint density at radius 2 is 1.82 bits per heavy atom. The van der Waals surface area contributed by atoms with Crippen LogP contribution in [0.2, 0.25) is 0 Å². The average molecular weight is 529 g/mol. The van der Waals surface area contributed by atoms with Crippen molar-refractivity contribution in [2.75, 3.05) is 26.2 Å². The van der Waals surface area contributed by atoms with E-state index < -0.39 is 5.41 Å². The van der Waals surface area contributed by atoms with Crippen molar-refractivity contribution in [3.8, 4) is 5.75 Å². The van der Waals surface area contributed by atoms with E-state index in [0.29, 0.717) is 25.1 Å². The number of nitrogens with zero attached hydrogens (tertiary/aromatic N) is 1. The van der Waals surface area contributed by atoms with Crippen LogP contribution in [0.5, 0.6) is 5.75 Å². The van der Waals surface area contributed by atoms with Crippen LogP contribution < -0.4 is 10.1 Å². The number of hydrogen-bond donors (Lipinski definition) is 1.